The van der Waals surface area contributed by atoms with E-state index in [0.29, 0.717) is 11.4 Å². The van der Waals surface area contributed by atoms with Crippen LogP contribution in [0.3, 0.4) is 0 Å². The first-order chi connectivity index (χ1) is 13.2. The number of hydrogen-bond acceptors (Lipinski definition) is 5. The third-order valence-electron chi connectivity index (χ3n) is 4.50. The van der Waals surface area contributed by atoms with Gasteiger partial charge in [0.1, 0.15) is 11.2 Å². The minimum Gasteiger partial charge on any atom is -0.456 e. The molecule has 148 valence electrons. The van der Waals surface area contributed by atoms with Crippen molar-refractivity contribution >= 4 is 11.5 Å². The van der Waals surface area contributed by atoms with Gasteiger partial charge < -0.3 is 9.47 Å². The minimum absolute atomic E-state index is 0.130. The van der Waals surface area contributed by atoms with Crippen LogP contribution in [-0.2, 0) is 4.74 Å². The summed E-state index contributed by atoms with van der Waals surface area (Å²) in [7, 11) is 0. The lowest BCUT2D eigenvalue weighted by Gasteiger charge is -2.22. The van der Waals surface area contributed by atoms with Crippen molar-refractivity contribution in [3.8, 4) is 11.6 Å². The van der Waals surface area contributed by atoms with E-state index in [1.165, 1.54) is 17.7 Å². The summed E-state index contributed by atoms with van der Waals surface area (Å²) in [6.45, 7) is 8.94. The van der Waals surface area contributed by atoms with Gasteiger partial charge in [-0.15, -0.1) is 0 Å². The molecular formula is C22H25FN2O3. The molecule has 0 atom stereocenters. The molecule has 0 bridgehead atoms. The molecule has 28 heavy (non-hydrogen) atoms. The maximum absolute atomic E-state index is 13.3. The summed E-state index contributed by atoms with van der Waals surface area (Å²) in [6.07, 6.45) is 6.97. The number of allylic oxidation sites excluding steroid dienone is 2. The van der Waals surface area contributed by atoms with Crippen molar-refractivity contribution in [1.29, 1.82) is 0 Å². The van der Waals surface area contributed by atoms with Gasteiger partial charge in [-0.1, -0.05) is 6.08 Å². The van der Waals surface area contributed by atoms with Crippen LogP contribution in [0.15, 0.2) is 24.4 Å². The van der Waals surface area contributed by atoms with Crippen LogP contribution >= 0.6 is 0 Å². The fourth-order valence-corrected chi connectivity index (χ4v) is 3.20. The number of nitrogens with zero attached hydrogens (tertiary/aromatic N) is 2. The molecule has 0 N–H and O–H groups in total. The number of aryl methyl sites for hydroxylation is 1. The van der Waals surface area contributed by atoms with Gasteiger partial charge in [-0.25, -0.2) is 14.8 Å². The molecular weight excluding hydrogens is 359 g/mol. The van der Waals surface area contributed by atoms with Crippen molar-refractivity contribution in [2.24, 2.45) is 0 Å². The number of ether oxygens (including phenoxy) is 2. The maximum atomic E-state index is 13.3. The molecule has 2 aromatic rings. The van der Waals surface area contributed by atoms with E-state index in [-0.39, 0.29) is 11.4 Å². The number of rotatable bonds is 4. The molecule has 0 spiro atoms. The Morgan fingerprint density at radius 2 is 1.96 bits per heavy atom. The quantitative estimate of drug-likeness (QED) is 0.511. The average Bonchev–Trinajstić information content (AvgIpc) is 3.10. The first-order valence-corrected chi connectivity index (χ1v) is 9.39. The average molecular weight is 384 g/mol. The Kier molecular flexibility index (Phi) is 5.49. The van der Waals surface area contributed by atoms with E-state index in [2.05, 4.69) is 16.0 Å². The molecule has 3 rings (SSSR count). The number of aromatic nitrogens is 2. The zero-order chi connectivity index (χ0) is 20.5. The molecule has 0 unspecified atom stereocenters. The summed E-state index contributed by atoms with van der Waals surface area (Å²) in [4.78, 5) is 21.1. The SMILES string of the molecule is Cc1nc(F)ccc1Oc1ncc(C2=CCCC2)c(C)c1C(=O)OC(C)(C)C. The lowest BCUT2D eigenvalue weighted by molar-refractivity contribution is 0.00655. The summed E-state index contributed by atoms with van der Waals surface area (Å²) < 4.78 is 24.8. The number of halogens is 1. The first-order valence-electron chi connectivity index (χ1n) is 9.39. The van der Waals surface area contributed by atoms with E-state index in [1.807, 2.05) is 27.7 Å². The Morgan fingerprint density at radius 3 is 2.57 bits per heavy atom. The monoisotopic (exact) mass is 384 g/mol. The Bertz CT molecular complexity index is 946. The van der Waals surface area contributed by atoms with Crippen LogP contribution < -0.4 is 4.74 Å². The highest BCUT2D eigenvalue weighted by Crippen LogP contribution is 2.35. The standard InChI is InChI=1S/C22H25FN2O3/c1-13-16(15-8-6-7-9-15)12-24-20(19(13)21(26)28-22(3,4)5)27-17-10-11-18(23)25-14(17)2/h8,10-12H,6-7,9H2,1-5H3. The van der Waals surface area contributed by atoms with E-state index in [9.17, 15) is 9.18 Å². The van der Waals surface area contributed by atoms with Crippen molar-refractivity contribution in [1.82, 2.24) is 9.97 Å². The van der Waals surface area contributed by atoms with E-state index >= 15 is 0 Å². The summed E-state index contributed by atoms with van der Waals surface area (Å²) in [5, 5.41) is 0. The van der Waals surface area contributed by atoms with Crippen LogP contribution in [0.5, 0.6) is 11.6 Å². The Hall–Kier alpha value is -2.76. The molecule has 2 aromatic heterocycles. The number of carbonyl (C=O) groups is 1. The molecule has 0 saturated carbocycles. The molecule has 0 fully saturated rings. The van der Waals surface area contributed by atoms with Crippen molar-refractivity contribution in [3.63, 3.8) is 0 Å². The number of hydrogen-bond donors (Lipinski definition) is 0. The van der Waals surface area contributed by atoms with E-state index in [1.54, 1.807) is 13.1 Å². The van der Waals surface area contributed by atoms with E-state index < -0.39 is 17.5 Å². The molecule has 0 saturated heterocycles. The van der Waals surface area contributed by atoms with Gasteiger partial charge in [0.05, 0.1) is 5.69 Å². The second kappa shape index (κ2) is 7.70. The number of carbonyl (C=O) groups excluding carboxylic acids is 1. The predicted molar refractivity (Wildman–Crippen MR) is 105 cm³/mol. The summed E-state index contributed by atoms with van der Waals surface area (Å²) in [5.74, 6) is -0.623. The zero-order valence-corrected chi connectivity index (χ0v) is 16.9. The van der Waals surface area contributed by atoms with Crippen LogP contribution in [0.2, 0.25) is 0 Å². The van der Waals surface area contributed by atoms with Crippen LogP contribution in [0.25, 0.3) is 5.57 Å². The van der Waals surface area contributed by atoms with E-state index in [0.717, 1.165) is 30.4 Å². The Morgan fingerprint density at radius 1 is 1.21 bits per heavy atom. The third-order valence-corrected chi connectivity index (χ3v) is 4.50. The fourth-order valence-electron chi connectivity index (χ4n) is 3.20. The van der Waals surface area contributed by atoms with Crippen LogP contribution in [0.1, 0.15) is 67.2 Å². The van der Waals surface area contributed by atoms with Crippen LogP contribution in [0.4, 0.5) is 4.39 Å². The second-order valence-corrected chi connectivity index (χ2v) is 7.92. The predicted octanol–water partition coefficient (Wildman–Crippen LogP) is 5.55. The van der Waals surface area contributed by atoms with Gasteiger partial charge in [-0.2, -0.15) is 4.39 Å². The molecule has 0 aliphatic heterocycles. The molecule has 5 nitrogen and oxygen atoms in total. The molecule has 1 aliphatic rings. The highest BCUT2D eigenvalue weighted by atomic mass is 19.1. The molecule has 0 radical (unpaired) electrons. The summed E-state index contributed by atoms with van der Waals surface area (Å²) in [6, 6.07) is 2.68. The molecule has 1 aliphatic carbocycles. The lowest BCUT2D eigenvalue weighted by Crippen LogP contribution is -2.25. The molecule has 6 heteroatoms. The van der Waals surface area contributed by atoms with E-state index in [4.69, 9.17) is 9.47 Å². The van der Waals surface area contributed by atoms with Gasteiger partial charge >= 0.3 is 5.97 Å². The van der Waals surface area contributed by atoms with Crippen molar-refractivity contribution in [2.45, 2.75) is 59.5 Å². The second-order valence-electron chi connectivity index (χ2n) is 7.92. The first kappa shape index (κ1) is 20.0. The van der Waals surface area contributed by atoms with Crippen LogP contribution in [0, 0.1) is 19.8 Å². The largest absolute Gasteiger partial charge is 0.456 e. The topological polar surface area (TPSA) is 61.3 Å². The molecule has 0 amide bonds. The minimum atomic E-state index is -0.656. The summed E-state index contributed by atoms with van der Waals surface area (Å²) >= 11 is 0. The van der Waals surface area contributed by atoms with Gasteiger partial charge in [0.15, 0.2) is 5.75 Å². The van der Waals surface area contributed by atoms with Crippen molar-refractivity contribution in [3.05, 3.63) is 52.7 Å². The third kappa shape index (κ3) is 4.38. The smallest absolute Gasteiger partial charge is 0.344 e. The lowest BCUT2D eigenvalue weighted by atomic mass is 9.98. The Labute approximate surface area is 164 Å². The van der Waals surface area contributed by atoms with Gasteiger partial charge in [0.2, 0.25) is 11.8 Å². The van der Waals surface area contributed by atoms with Gasteiger partial charge in [0.25, 0.3) is 0 Å². The highest BCUT2D eigenvalue weighted by Gasteiger charge is 2.27. The normalized spacial score (nSPS) is 14.0. The maximum Gasteiger partial charge on any atom is 0.344 e. The summed E-state index contributed by atoms with van der Waals surface area (Å²) in [5.41, 5.74) is 2.87. The number of pyridine rings is 2. The highest BCUT2D eigenvalue weighted by molar-refractivity contribution is 5.95. The molecule has 0 aromatic carbocycles. The fraction of sp³-hybridized carbons (Fsp3) is 0.409. The molecule has 2 heterocycles. The van der Waals surface area contributed by atoms with Gasteiger partial charge in [0, 0.05) is 6.20 Å². The number of esters is 1. The van der Waals surface area contributed by atoms with Crippen molar-refractivity contribution < 1.29 is 18.7 Å². The zero-order valence-electron chi connectivity index (χ0n) is 16.9. The van der Waals surface area contributed by atoms with Crippen LogP contribution in [-0.4, -0.2) is 21.5 Å². The van der Waals surface area contributed by atoms with Crippen molar-refractivity contribution in [2.75, 3.05) is 0 Å². The van der Waals surface area contributed by atoms with Gasteiger partial charge in [-0.3, -0.25) is 0 Å². The van der Waals surface area contributed by atoms with Gasteiger partial charge in [-0.05, 0) is 82.7 Å². The Balaban J connectivity index is 2.07.